The first-order chi connectivity index (χ1) is 9.41. The SMILES string of the molecule is CC(C)(C)c1ccc(C(=O)NC2CCCC2CN)cc1. The summed E-state index contributed by atoms with van der Waals surface area (Å²) in [6.45, 7) is 7.18. The second-order valence-corrected chi connectivity index (χ2v) is 6.83. The molecular weight excluding hydrogens is 248 g/mol. The van der Waals surface area contributed by atoms with E-state index in [0.717, 1.165) is 24.8 Å². The molecule has 110 valence electrons. The quantitative estimate of drug-likeness (QED) is 0.890. The lowest BCUT2D eigenvalue weighted by molar-refractivity contribution is 0.0928. The maximum Gasteiger partial charge on any atom is 0.251 e. The molecule has 2 rings (SSSR count). The Morgan fingerprint density at radius 3 is 2.45 bits per heavy atom. The molecule has 1 aliphatic carbocycles. The summed E-state index contributed by atoms with van der Waals surface area (Å²) in [4.78, 5) is 12.3. The second kappa shape index (κ2) is 5.96. The number of carbonyl (C=O) groups is 1. The minimum Gasteiger partial charge on any atom is -0.349 e. The molecule has 0 aromatic heterocycles. The van der Waals surface area contributed by atoms with E-state index in [0.29, 0.717) is 12.5 Å². The molecule has 0 saturated heterocycles. The van der Waals surface area contributed by atoms with Gasteiger partial charge in [0.2, 0.25) is 0 Å². The Morgan fingerprint density at radius 1 is 1.25 bits per heavy atom. The van der Waals surface area contributed by atoms with Crippen molar-refractivity contribution in [3.63, 3.8) is 0 Å². The molecule has 1 saturated carbocycles. The fourth-order valence-corrected chi connectivity index (χ4v) is 2.88. The van der Waals surface area contributed by atoms with Crippen molar-refractivity contribution < 1.29 is 4.79 Å². The predicted molar refractivity (Wildman–Crippen MR) is 82.8 cm³/mol. The van der Waals surface area contributed by atoms with Crippen molar-refractivity contribution in [1.82, 2.24) is 5.32 Å². The molecule has 1 aliphatic rings. The maximum absolute atomic E-state index is 12.3. The highest BCUT2D eigenvalue weighted by Crippen LogP contribution is 2.25. The van der Waals surface area contributed by atoms with Gasteiger partial charge in [-0.15, -0.1) is 0 Å². The largest absolute Gasteiger partial charge is 0.349 e. The van der Waals surface area contributed by atoms with E-state index in [2.05, 4.69) is 26.1 Å². The van der Waals surface area contributed by atoms with Crippen molar-refractivity contribution in [3.8, 4) is 0 Å². The van der Waals surface area contributed by atoms with Crippen LogP contribution in [0.2, 0.25) is 0 Å². The van der Waals surface area contributed by atoms with Gasteiger partial charge in [0.25, 0.3) is 5.91 Å². The normalized spacial score (nSPS) is 22.8. The lowest BCUT2D eigenvalue weighted by Crippen LogP contribution is -2.39. The van der Waals surface area contributed by atoms with Crippen LogP contribution in [0.15, 0.2) is 24.3 Å². The first-order valence-electron chi connectivity index (χ1n) is 7.53. The number of nitrogens with one attached hydrogen (secondary N) is 1. The van der Waals surface area contributed by atoms with E-state index >= 15 is 0 Å². The van der Waals surface area contributed by atoms with Gasteiger partial charge in [-0.2, -0.15) is 0 Å². The van der Waals surface area contributed by atoms with Crippen molar-refractivity contribution in [3.05, 3.63) is 35.4 Å². The summed E-state index contributed by atoms with van der Waals surface area (Å²) in [6, 6.07) is 8.17. The Labute approximate surface area is 121 Å². The van der Waals surface area contributed by atoms with E-state index in [9.17, 15) is 4.79 Å². The first-order valence-corrected chi connectivity index (χ1v) is 7.53. The fraction of sp³-hybridized carbons (Fsp3) is 0.588. The molecule has 1 aromatic carbocycles. The predicted octanol–water partition coefficient (Wildman–Crippen LogP) is 2.84. The molecule has 0 radical (unpaired) electrons. The van der Waals surface area contributed by atoms with Gasteiger partial charge in [-0.1, -0.05) is 39.3 Å². The molecule has 1 aromatic rings. The van der Waals surface area contributed by atoms with Gasteiger partial charge in [0.15, 0.2) is 0 Å². The molecule has 0 spiro atoms. The minimum absolute atomic E-state index is 0.0239. The Hall–Kier alpha value is -1.35. The zero-order valence-electron chi connectivity index (χ0n) is 12.8. The lowest BCUT2D eigenvalue weighted by atomic mass is 9.86. The summed E-state index contributed by atoms with van der Waals surface area (Å²) in [5.74, 6) is 0.462. The highest BCUT2D eigenvalue weighted by atomic mass is 16.1. The van der Waals surface area contributed by atoms with E-state index in [1.54, 1.807) is 0 Å². The monoisotopic (exact) mass is 274 g/mol. The number of rotatable bonds is 3. The molecule has 1 amide bonds. The van der Waals surface area contributed by atoms with Gasteiger partial charge in [0.1, 0.15) is 0 Å². The number of benzene rings is 1. The van der Waals surface area contributed by atoms with Crippen molar-refractivity contribution in [2.24, 2.45) is 11.7 Å². The van der Waals surface area contributed by atoms with Crippen molar-refractivity contribution in [2.45, 2.75) is 51.5 Å². The summed E-state index contributed by atoms with van der Waals surface area (Å²) in [5, 5.41) is 3.14. The van der Waals surface area contributed by atoms with Crippen LogP contribution in [0, 0.1) is 5.92 Å². The van der Waals surface area contributed by atoms with Crippen LogP contribution in [0.1, 0.15) is 56.0 Å². The maximum atomic E-state index is 12.3. The average Bonchev–Trinajstić information content (AvgIpc) is 2.85. The number of hydrogen-bond acceptors (Lipinski definition) is 2. The van der Waals surface area contributed by atoms with Crippen LogP contribution in [-0.2, 0) is 5.41 Å². The van der Waals surface area contributed by atoms with Crippen LogP contribution in [0.3, 0.4) is 0 Å². The van der Waals surface area contributed by atoms with E-state index in [-0.39, 0.29) is 17.4 Å². The zero-order valence-corrected chi connectivity index (χ0v) is 12.8. The standard InChI is InChI=1S/C17H26N2O/c1-17(2,3)14-9-7-12(8-10-14)16(20)19-15-6-4-5-13(15)11-18/h7-10,13,15H,4-6,11,18H2,1-3H3,(H,19,20). The Bertz CT molecular complexity index is 459. The molecule has 0 heterocycles. The van der Waals surface area contributed by atoms with Gasteiger partial charge in [-0.25, -0.2) is 0 Å². The summed E-state index contributed by atoms with van der Waals surface area (Å²) in [5.41, 5.74) is 7.85. The molecular formula is C17H26N2O. The molecule has 2 atom stereocenters. The molecule has 3 N–H and O–H groups in total. The number of amides is 1. The summed E-state index contributed by atoms with van der Waals surface area (Å²) >= 11 is 0. The summed E-state index contributed by atoms with van der Waals surface area (Å²) in [7, 11) is 0. The molecule has 0 bridgehead atoms. The summed E-state index contributed by atoms with van der Waals surface area (Å²) in [6.07, 6.45) is 3.34. The smallest absolute Gasteiger partial charge is 0.251 e. The Balaban J connectivity index is 2.02. The topological polar surface area (TPSA) is 55.1 Å². The third-order valence-corrected chi connectivity index (χ3v) is 4.29. The summed E-state index contributed by atoms with van der Waals surface area (Å²) < 4.78 is 0. The Kier molecular flexibility index (Phi) is 4.48. The van der Waals surface area contributed by atoms with Crippen LogP contribution < -0.4 is 11.1 Å². The third-order valence-electron chi connectivity index (χ3n) is 4.29. The van der Waals surface area contributed by atoms with Gasteiger partial charge in [0.05, 0.1) is 0 Å². The van der Waals surface area contributed by atoms with Crippen LogP contribution in [0.25, 0.3) is 0 Å². The van der Waals surface area contributed by atoms with Crippen molar-refractivity contribution >= 4 is 5.91 Å². The second-order valence-electron chi connectivity index (χ2n) is 6.83. The van der Waals surface area contributed by atoms with E-state index < -0.39 is 0 Å². The third kappa shape index (κ3) is 3.40. The molecule has 3 heteroatoms. The molecule has 20 heavy (non-hydrogen) atoms. The van der Waals surface area contributed by atoms with Gasteiger partial charge in [0, 0.05) is 11.6 Å². The lowest BCUT2D eigenvalue weighted by Gasteiger charge is -2.21. The fourth-order valence-electron chi connectivity index (χ4n) is 2.88. The first kappa shape index (κ1) is 15.0. The van der Waals surface area contributed by atoms with Gasteiger partial charge >= 0.3 is 0 Å². The van der Waals surface area contributed by atoms with Crippen LogP contribution in [0.4, 0.5) is 0 Å². The molecule has 3 nitrogen and oxygen atoms in total. The molecule has 0 aliphatic heterocycles. The van der Waals surface area contributed by atoms with E-state index in [1.165, 1.54) is 5.56 Å². The van der Waals surface area contributed by atoms with E-state index in [4.69, 9.17) is 5.73 Å². The highest BCUT2D eigenvalue weighted by molar-refractivity contribution is 5.94. The molecule has 2 unspecified atom stereocenters. The van der Waals surface area contributed by atoms with E-state index in [1.807, 2.05) is 24.3 Å². The van der Waals surface area contributed by atoms with Crippen LogP contribution >= 0.6 is 0 Å². The number of carbonyl (C=O) groups excluding carboxylic acids is 1. The van der Waals surface area contributed by atoms with Gasteiger partial charge in [-0.3, -0.25) is 4.79 Å². The highest BCUT2D eigenvalue weighted by Gasteiger charge is 2.27. The molecule has 1 fully saturated rings. The van der Waals surface area contributed by atoms with Crippen molar-refractivity contribution in [2.75, 3.05) is 6.54 Å². The number of nitrogens with two attached hydrogens (primary N) is 1. The van der Waals surface area contributed by atoms with Gasteiger partial charge in [-0.05, 0) is 48.4 Å². The van der Waals surface area contributed by atoms with Crippen LogP contribution in [-0.4, -0.2) is 18.5 Å². The Morgan fingerprint density at radius 2 is 1.90 bits per heavy atom. The number of hydrogen-bond donors (Lipinski definition) is 2. The van der Waals surface area contributed by atoms with Crippen molar-refractivity contribution in [1.29, 1.82) is 0 Å². The zero-order chi connectivity index (χ0) is 14.8. The van der Waals surface area contributed by atoms with Gasteiger partial charge < -0.3 is 11.1 Å². The minimum atomic E-state index is 0.0239. The average molecular weight is 274 g/mol. The van der Waals surface area contributed by atoms with Crippen LogP contribution in [0.5, 0.6) is 0 Å².